The molecular formula is C25H22N4O4. The predicted molar refractivity (Wildman–Crippen MR) is 123 cm³/mol. The van der Waals surface area contributed by atoms with Gasteiger partial charge >= 0.3 is 0 Å². The smallest absolute Gasteiger partial charge is 0.258 e. The van der Waals surface area contributed by atoms with Gasteiger partial charge in [-0.05, 0) is 55.0 Å². The number of carbonyl (C=O) groups excluding carboxylic acids is 1. The highest BCUT2D eigenvalue weighted by Gasteiger charge is 2.12. The summed E-state index contributed by atoms with van der Waals surface area (Å²) >= 11 is 0. The van der Waals surface area contributed by atoms with Crippen LogP contribution in [0.4, 0.5) is 0 Å². The molecule has 0 fully saturated rings. The molecule has 8 heteroatoms. The third-order valence-corrected chi connectivity index (χ3v) is 4.74. The van der Waals surface area contributed by atoms with E-state index in [0.29, 0.717) is 35.3 Å². The topological polar surface area (TPSA) is 113 Å². The summed E-state index contributed by atoms with van der Waals surface area (Å²) in [5, 5.41) is 12.4. The van der Waals surface area contributed by atoms with Gasteiger partial charge in [-0.3, -0.25) is 4.79 Å². The summed E-state index contributed by atoms with van der Waals surface area (Å²) in [4.78, 5) is 19.7. The Morgan fingerprint density at radius 2 is 2.06 bits per heavy atom. The van der Waals surface area contributed by atoms with Crippen LogP contribution in [0.15, 0.2) is 65.3 Å². The molecule has 0 aliphatic heterocycles. The summed E-state index contributed by atoms with van der Waals surface area (Å²) in [6.45, 7) is 2.40. The number of benzene rings is 2. The number of ether oxygens (including phenoxy) is 2. The van der Waals surface area contributed by atoms with Crippen LogP contribution >= 0.6 is 0 Å². The molecule has 0 spiro atoms. The minimum Gasteiger partial charge on any atom is -0.490 e. The van der Waals surface area contributed by atoms with Gasteiger partial charge in [0, 0.05) is 0 Å². The summed E-state index contributed by atoms with van der Waals surface area (Å²) in [6, 6.07) is 18.6. The molecule has 4 rings (SSSR count). The molecule has 0 bridgehead atoms. The molecule has 4 aromatic rings. The Hall–Kier alpha value is -4.51. The first-order valence-corrected chi connectivity index (χ1v) is 10.4. The summed E-state index contributed by atoms with van der Waals surface area (Å²) < 4.78 is 16.5. The fraction of sp³-hybridized carbons (Fsp3) is 0.160. The van der Waals surface area contributed by atoms with Gasteiger partial charge < -0.3 is 24.2 Å². The van der Waals surface area contributed by atoms with Crippen molar-refractivity contribution >= 4 is 28.6 Å². The number of para-hydroxylation sites is 2. The summed E-state index contributed by atoms with van der Waals surface area (Å²) in [6.07, 6.45) is 3.27. The van der Waals surface area contributed by atoms with Crippen molar-refractivity contribution in [3.05, 3.63) is 78.0 Å². The molecule has 0 saturated heterocycles. The van der Waals surface area contributed by atoms with E-state index in [4.69, 9.17) is 13.9 Å². The molecule has 33 heavy (non-hydrogen) atoms. The lowest BCUT2D eigenvalue weighted by Gasteiger charge is -2.12. The summed E-state index contributed by atoms with van der Waals surface area (Å²) in [5.74, 6) is 1.78. The van der Waals surface area contributed by atoms with E-state index in [2.05, 4.69) is 21.4 Å². The van der Waals surface area contributed by atoms with Crippen molar-refractivity contribution in [1.29, 1.82) is 5.26 Å². The number of aromatic amines is 1. The lowest BCUT2D eigenvalue weighted by Crippen LogP contribution is -2.28. The van der Waals surface area contributed by atoms with Crippen LogP contribution < -0.4 is 14.8 Å². The number of allylic oxidation sites excluding steroid dienone is 1. The Balaban J connectivity index is 1.48. The molecule has 0 aliphatic rings. The van der Waals surface area contributed by atoms with Gasteiger partial charge in [0.1, 0.15) is 17.7 Å². The average molecular weight is 442 g/mol. The van der Waals surface area contributed by atoms with E-state index in [1.165, 1.54) is 0 Å². The van der Waals surface area contributed by atoms with E-state index in [1.807, 2.05) is 31.2 Å². The van der Waals surface area contributed by atoms with Crippen LogP contribution in [0.5, 0.6) is 11.5 Å². The largest absolute Gasteiger partial charge is 0.490 e. The number of H-pyrrole nitrogens is 1. The van der Waals surface area contributed by atoms with Crippen LogP contribution in [-0.4, -0.2) is 29.1 Å². The molecule has 8 nitrogen and oxygen atoms in total. The maximum Gasteiger partial charge on any atom is 0.258 e. The molecule has 0 saturated carbocycles. The van der Waals surface area contributed by atoms with Gasteiger partial charge in [0.25, 0.3) is 5.91 Å². The number of fused-ring (bicyclic) bond motifs is 1. The van der Waals surface area contributed by atoms with Gasteiger partial charge in [-0.2, -0.15) is 5.26 Å². The lowest BCUT2D eigenvalue weighted by molar-refractivity contribution is -0.123. The summed E-state index contributed by atoms with van der Waals surface area (Å²) in [5.41, 5.74) is 2.78. The second-order valence-corrected chi connectivity index (χ2v) is 7.06. The number of furan rings is 1. The Morgan fingerprint density at radius 3 is 2.82 bits per heavy atom. The van der Waals surface area contributed by atoms with Crippen LogP contribution in [0.25, 0.3) is 22.7 Å². The second kappa shape index (κ2) is 10.2. The lowest BCUT2D eigenvalue weighted by atomic mass is 10.1. The van der Waals surface area contributed by atoms with E-state index < -0.39 is 0 Å². The number of hydrogen-bond acceptors (Lipinski definition) is 6. The predicted octanol–water partition coefficient (Wildman–Crippen LogP) is 4.31. The van der Waals surface area contributed by atoms with Gasteiger partial charge in [0.15, 0.2) is 18.1 Å². The number of imidazole rings is 1. The maximum atomic E-state index is 12.1. The Labute approximate surface area is 190 Å². The molecule has 0 aliphatic carbocycles. The van der Waals surface area contributed by atoms with Crippen LogP contribution in [-0.2, 0) is 11.3 Å². The fourth-order valence-electron chi connectivity index (χ4n) is 3.20. The fourth-order valence-corrected chi connectivity index (χ4v) is 3.20. The highest BCUT2D eigenvalue weighted by Crippen LogP contribution is 2.30. The molecule has 2 heterocycles. The third kappa shape index (κ3) is 5.40. The Morgan fingerprint density at radius 1 is 1.18 bits per heavy atom. The number of nitrogens with one attached hydrogen (secondary N) is 2. The number of amides is 1. The zero-order chi connectivity index (χ0) is 23.0. The zero-order valence-corrected chi connectivity index (χ0v) is 18.0. The van der Waals surface area contributed by atoms with Gasteiger partial charge in [0.2, 0.25) is 0 Å². The number of hydrogen-bond donors (Lipinski definition) is 2. The van der Waals surface area contributed by atoms with Crippen molar-refractivity contribution in [2.24, 2.45) is 0 Å². The van der Waals surface area contributed by atoms with Crippen LogP contribution in [0.1, 0.15) is 24.1 Å². The standard InChI is InChI=1S/C25H22N4O4/c1-2-31-23-13-17(12-18(14-26)25-28-20-7-3-4-8-21(20)29-25)9-10-22(23)33-16-24(30)27-15-19-6-5-11-32-19/h3-13H,2,15-16H2,1H3,(H,27,30)(H,28,29)/b18-12+. The van der Waals surface area contributed by atoms with E-state index in [-0.39, 0.29) is 19.1 Å². The van der Waals surface area contributed by atoms with Crippen LogP contribution in [0, 0.1) is 11.3 Å². The van der Waals surface area contributed by atoms with Crippen molar-refractivity contribution in [3.63, 3.8) is 0 Å². The minimum absolute atomic E-state index is 0.168. The second-order valence-electron chi connectivity index (χ2n) is 7.06. The summed E-state index contributed by atoms with van der Waals surface area (Å²) in [7, 11) is 0. The Bertz CT molecular complexity index is 1280. The number of nitriles is 1. The van der Waals surface area contributed by atoms with Gasteiger partial charge in [-0.1, -0.05) is 18.2 Å². The van der Waals surface area contributed by atoms with E-state index in [1.54, 1.807) is 42.7 Å². The number of rotatable bonds is 9. The maximum absolute atomic E-state index is 12.1. The van der Waals surface area contributed by atoms with E-state index in [0.717, 1.165) is 16.6 Å². The highest BCUT2D eigenvalue weighted by molar-refractivity contribution is 5.90. The van der Waals surface area contributed by atoms with Gasteiger partial charge in [-0.15, -0.1) is 0 Å². The quantitative estimate of drug-likeness (QED) is 0.373. The van der Waals surface area contributed by atoms with Crippen molar-refractivity contribution in [2.75, 3.05) is 13.2 Å². The minimum atomic E-state index is -0.283. The van der Waals surface area contributed by atoms with Crippen molar-refractivity contribution in [3.8, 4) is 17.6 Å². The van der Waals surface area contributed by atoms with Crippen molar-refractivity contribution < 1.29 is 18.7 Å². The molecule has 0 atom stereocenters. The first kappa shape index (κ1) is 21.7. The molecule has 0 radical (unpaired) electrons. The molecule has 166 valence electrons. The number of carbonyl (C=O) groups is 1. The molecule has 2 aromatic heterocycles. The SMILES string of the molecule is CCOc1cc(/C=C(\C#N)c2nc3ccccc3[nH]2)ccc1OCC(=O)NCc1ccco1. The third-order valence-electron chi connectivity index (χ3n) is 4.74. The van der Waals surface area contributed by atoms with E-state index >= 15 is 0 Å². The van der Waals surface area contributed by atoms with Crippen molar-refractivity contribution in [1.82, 2.24) is 15.3 Å². The average Bonchev–Trinajstić information content (AvgIpc) is 3.50. The van der Waals surface area contributed by atoms with Crippen LogP contribution in [0.2, 0.25) is 0 Å². The van der Waals surface area contributed by atoms with Gasteiger partial charge in [0.05, 0.1) is 36.0 Å². The molecular weight excluding hydrogens is 420 g/mol. The first-order chi connectivity index (χ1) is 16.2. The zero-order valence-electron chi connectivity index (χ0n) is 18.0. The van der Waals surface area contributed by atoms with Crippen LogP contribution in [0.3, 0.4) is 0 Å². The van der Waals surface area contributed by atoms with E-state index in [9.17, 15) is 10.1 Å². The molecule has 0 unspecified atom stereocenters. The number of aromatic nitrogens is 2. The highest BCUT2D eigenvalue weighted by atomic mass is 16.5. The van der Waals surface area contributed by atoms with Crippen molar-refractivity contribution in [2.45, 2.75) is 13.5 Å². The first-order valence-electron chi connectivity index (χ1n) is 10.4. The normalized spacial score (nSPS) is 11.2. The van der Waals surface area contributed by atoms with Gasteiger partial charge in [-0.25, -0.2) is 4.98 Å². The molecule has 1 amide bonds. The molecule has 2 aromatic carbocycles. The Kier molecular flexibility index (Phi) is 6.71. The molecule has 2 N–H and O–H groups in total. The monoisotopic (exact) mass is 442 g/mol. The number of nitrogens with zero attached hydrogens (tertiary/aromatic N) is 2.